The molecular weight excluding hydrogens is 358 g/mol. The lowest BCUT2D eigenvalue weighted by Gasteiger charge is -2.27. The molecule has 0 aliphatic heterocycles. The van der Waals surface area contributed by atoms with E-state index in [1.807, 2.05) is 16.8 Å². The number of tetrazole rings is 1. The van der Waals surface area contributed by atoms with E-state index in [-0.39, 0.29) is 6.42 Å². The Morgan fingerprint density at radius 1 is 1.04 bits per heavy atom. The Balaban J connectivity index is 1.95. The topological polar surface area (TPSA) is 130 Å². The predicted octanol–water partition coefficient (Wildman–Crippen LogP) is 1.81. The molecule has 0 spiro atoms. The van der Waals surface area contributed by atoms with Crippen LogP contribution >= 0.6 is 0 Å². The standard InChI is InChI=1S/C20H33N5O3/c1-2-3-4-5-6-7-12-25-19(22-23-24-25)17-10-8-16(9-11-17)18(28)13-20(21,14-26)15-27/h8-11,18,26-28H,2-7,12-15,21H2,1H3. The van der Waals surface area contributed by atoms with Gasteiger partial charge in [0.15, 0.2) is 5.82 Å². The second-order valence-corrected chi connectivity index (χ2v) is 7.51. The van der Waals surface area contributed by atoms with Crippen molar-refractivity contribution in [3.63, 3.8) is 0 Å². The van der Waals surface area contributed by atoms with Gasteiger partial charge in [-0.2, -0.15) is 0 Å². The van der Waals surface area contributed by atoms with Crippen molar-refractivity contribution in [1.29, 1.82) is 0 Å². The summed E-state index contributed by atoms with van der Waals surface area (Å²) in [7, 11) is 0. The largest absolute Gasteiger partial charge is 0.394 e. The van der Waals surface area contributed by atoms with Crippen molar-refractivity contribution in [2.45, 2.75) is 70.1 Å². The molecule has 156 valence electrons. The van der Waals surface area contributed by atoms with Gasteiger partial charge in [-0.25, -0.2) is 4.68 Å². The van der Waals surface area contributed by atoms with Gasteiger partial charge >= 0.3 is 0 Å². The molecule has 1 aromatic carbocycles. The first-order valence-electron chi connectivity index (χ1n) is 10.1. The number of unbranched alkanes of at least 4 members (excludes halogenated alkanes) is 5. The van der Waals surface area contributed by atoms with E-state index in [0.29, 0.717) is 11.4 Å². The Morgan fingerprint density at radius 3 is 2.32 bits per heavy atom. The summed E-state index contributed by atoms with van der Waals surface area (Å²) in [6, 6.07) is 7.30. The number of rotatable bonds is 13. The minimum atomic E-state index is -1.21. The highest BCUT2D eigenvalue weighted by atomic mass is 16.3. The number of aryl methyl sites for hydroxylation is 1. The zero-order chi connectivity index (χ0) is 20.4. The van der Waals surface area contributed by atoms with Crippen LogP contribution in [0.4, 0.5) is 0 Å². The molecule has 5 N–H and O–H groups in total. The summed E-state index contributed by atoms with van der Waals surface area (Å²) in [4.78, 5) is 0. The number of benzene rings is 1. The number of hydrogen-bond donors (Lipinski definition) is 4. The molecule has 0 bridgehead atoms. The molecule has 0 saturated heterocycles. The highest BCUT2D eigenvalue weighted by Crippen LogP contribution is 2.25. The fourth-order valence-corrected chi connectivity index (χ4v) is 3.14. The van der Waals surface area contributed by atoms with Crippen LogP contribution in [0.2, 0.25) is 0 Å². The molecule has 1 unspecified atom stereocenters. The van der Waals surface area contributed by atoms with E-state index >= 15 is 0 Å². The van der Waals surface area contributed by atoms with Crippen molar-refractivity contribution in [2.24, 2.45) is 5.73 Å². The SMILES string of the molecule is CCCCCCCCn1nnnc1-c1ccc(C(O)CC(N)(CO)CO)cc1. The summed E-state index contributed by atoms with van der Waals surface area (Å²) in [6.45, 7) is 2.20. The van der Waals surface area contributed by atoms with Crippen LogP contribution in [-0.2, 0) is 6.54 Å². The molecule has 8 nitrogen and oxygen atoms in total. The lowest BCUT2D eigenvalue weighted by atomic mass is 9.91. The number of nitrogens with two attached hydrogens (primary N) is 1. The highest BCUT2D eigenvalue weighted by Gasteiger charge is 2.27. The van der Waals surface area contributed by atoms with E-state index in [4.69, 9.17) is 5.73 Å². The van der Waals surface area contributed by atoms with E-state index in [2.05, 4.69) is 22.4 Å². The first-order chi connectivity index (χ1) is 13.5. The summed E-state index contributed by atoms with van der Waals surface area (Å²) in [5.74, 6) is 0.702. The zero-order valence-corrected chi connectivity index (χ0v) is 16.7. The van der Waals surface area contributed by atoms with Gasteiger partial charge in [-0.05, 0) is 28.8 Å². The maximum Gasteiger partial charge on any atom is 0.182 e. The van der Waals surface area contributed by atoms with Crippen molar-refractivity contribution in [1.82, 2.24) is 20.2 Å². The van der Waals surface area contributed by atoms with Crippen molar-refractivity contribution >= 4 is 0 Å². The third-order valence-electron chi connectivity index (χ3n) is 5.04. The average molecular weight is 392 g/mol. The van der Waals surface area contributed by atoms with E-state index in [9.17, 15) is 15.3 Å². The van der Waals surface area contributed by atoms with E-state index in [1.165, 1.54) is 32.1 Å². The number of hydrogen-bond acceptors (Lipinski definition) is 7. The predicted molar refractivity (Wildman–Crippen MR) is 107 cm³/mol. The van der Waals surface area contributed by atoms with E-state index in [1.54, 1.807) is 12.1 Å². The van der Waals surface area contributed by atoms with Gasteiger partial charge < -0.3 is 21.1 Å². The molecule has 8 heteroatoms. The Hall–Kier alpha value is -1.87. The minimum absolute atomic E-state index is 0.0646. The van der Waals surface area contributed by atoms with Crippen molar-refractivity contribution < 1.29 is 15.3 Å². The van der Waals surface area contributed by atoms with Gasteiger partial charge in [0.25, 0.3) is 0 Å². The van der Waals surface area contributed by atoms with Crippen LogP contribution in [0.3, 0.4) is 0 Å². The maximum atomic E-state index is 10.4. The van der Waals surface area contributed by atoms with Gasteiger partial charge in [-0.3, -0.25) is 0 Å². The Bertz CT molecular complexity index is 685. The van der Waals surface area contributed by atoms with Gasteiger partial charge in [-0.1, -0.05) is 63.3 Å². The number of aliphatic hydroxyl groups is 3. The molecule has 1 atom stereocenters. The van der Waals surface area contributed by atoms with Crippen LogP contribution in [-0.4, -0.2) is 54.3 Å². The first-order valence-corrected chi connectivity index (χ1v) is 10.1. The molecule has 2 aromatic rings. The second kappa shape index (κ2) is 11.2. The monoisotopic (exact) mass is 391 g/mol. The maximum absolute atomic E-state index is 10.4. The van der Waals surface area contributed by atoms with Crippen LogP contribution < -0.4 is 5.73 Å². The Kier molecular flexibility index (Phi) is 8.98. The molecule has 0 radical (unpaired) electrons. The molecule has 0 aliphatic carbocycles. The van der Waals surface area contributed by atoms with Crippen LogP contribution in [0.5, 0.6) is 0 Å². The third kappa shape index (κ3) is 6.34. The van der Waals surface area contributed by atoms with Gasteiger partial charge in [0.2, 0.25) is 0 Å². The van der Waals surface area contributed by atoms with Gasteiger partial charge in [0.1, 0.15) is 0 Å². The molecule has 28 heavy (non-hydrogen) atoms. The van der Waals surface area contributed by atoms with Crippen LogP contribution in [0.15, 0.2) is 24.3 Å². The zero-order valence-electron chi connectivity index (χ0n) is 16.7. The average Bonchev–Trinajstić information content (AvgIpc) is 3.19. The Labute approximate surface area is 166 Å². The molecule has 0 saturated carbocycles. The molecule has 2 rings (SSSR count). The molecule has 1 heterocycles. The normalized spacial score (nSPS) is 13.0. The summed E-state index contributed by atoms with van der Waals surface area (Å²) in [5, 5.41) is 40.9. The van der Waals surface area contributed by atoms with Crippen LogP contribution in [0.1, 0.15) is 63.5 Å². The van der Waals surface area contributed by atoms with Gasteiger partial charge in [0.05, 0.1) is 24.9 Å². The molecule has 0 aliphatic rings. The lowest BCUT2D eigenvalue weighted by Crippen LogP contribution is -2.48. The van der Waals surface area contributed by atoms with E-state index in [0.717, 1.165) is 18.5 Å². The van der Waals surface area contributed by atoms with Crippen LogP contribution in [0, 0.1) is 0 Å². The second-order valence-electron chi connectivity index (χ2n) is 7.51. The van der Waals surface area contributed by atoms with Gasteiger partial charge in [-0.15, -0.1) is 5.10 Å². The van der Waals surface area contributed by atoms with Crippen molar-refractivity contribution in [3.8, 4) is 11.4 Å². The number of aromatic nitrogens is 4. The first kappa shape index (κ1) is 22.4. The molecule has 0 fully saturated rings. The van der Waals surface area contributed by atoms with Crippen LogP contribution in [0.25, 0.3) is 11.4 Å². The van der Waals surface area contributed by atoms with Crippen molar-refractivity contribution in [3.05, 3.63) is 29.8 Å². The number of nitrogens with zero attached hydrogens (tertiary/aromatic N) is 4. The Morgan fingerprint density at radius 2 is 1.68 bits per heavy atom. The third-order valence-corrected chi connectivity index (χ3v) is 5.04. The van der Waals surface area contributed by atoms with Gasteiger partial charge in [0, 0.05) is 12.1 Å². The summed E-state index contributed by atoms with van der Waals surface area (Å²) in [5.41, 5.74) is 6.18. The fourth-order valence-electron chi connectivity index (χ4n) is 3.14. The molecule has 0 amide bonds. The molecular formula is C20H33N5O3. The summed E-state index contributed by atoms with van der Waals surface area (Å²) < 4.78 is 1.81. The van der Waals surface area contributed by atoms with Crippen molar-refractivity contribution in [2.75, 3.05) is 13.2 Å². The fraction of sp³-hybridized carbons (Fsp3) is 0.650. The number of aliphatic hydroxyl groups excluding tert-OH is 3. The lowest BCUT2D eigenvalue weighted by molar-refractivity contribution is 0.0618. The molecule has 1 aromatic heterocycles. The summed E-state index contributed by atoms with van der Waals surface area (Å²) in [6.07, 6.45) is 6.44. The van der Waals surface area contributed by atoms with E-state index < -0.39 is 24.9 Å². The quantitative estimate of drug-likeness (QED) is 0.383. The highest BCUT2D eigenvalue weighted by molar-refractivity contribution is 5.55. The summed E-state index contributed by atoms with van der Waals surface area (Å²) >= 11 is 0. The minimum Gasteiger partial charge on any atom is -0.394 e. The smallest absolute Gasteiger partial charge is 0.182 e.